The lowest BCUT2D eigenvalue weighted by atomic mass is 9.93. The number of aryl methyl sites for hydroxylation is 2. The molecule has 5 nitrogen and oxygen atoms in total. The van der Waals surface area contributed by atoms with Crippen LogP contribution in [0.1, 0.15) is 61.3 Å². The Kier molecular flexibility index (Phi) is 4.70. The average Bonchev–Trinajstić information content (AvgIpc) is 3.32. The van der Waals surface area contributed by atoms with Crippen LogP contribution in [-0.4, -0.2) is 27.4 Å². The molecule has 4 rings (SSSR count). The molecule has 2 aliphatic carbocycles. The van der Waals surface area contributed by atoms with Crippen molar-refractivity contribution in [3.8, 4) is 10.8 Å². The molecule has 0 unspecified atom stereocenters. The van der Waals surface area contributed by atoms with Gasteiger partial charge in [0.25, 0.3) is 5.89 Å². The molecule has 1 saturated carbocycles. The summed E-state index contributed by atoms with van der Waals surface area (Å²) >= 11 is 1.80. The molecule has 2 aliphatic rings. The van der Waals surface area contributed by atoms with E-state index in [2.05, 4.69) is 21.6 Å². The molecule has 0 saturated heterocycles. The van der Waals surface area contributed by atoms with Gasteiger partial charge in [0.05, 0.1) is 11.4 Å². The molecule has 0 amide bonds. The summed E-state index contributed by atoms with van der Waals surface area (Å²) in [6.45, 7) is 0.806. The predicted octanol–water partition coefficient (Wildman–Crippen LogP) is 3.46. The van der Waals surface area contributed by atoms with E-state index in [1.54, 1.807) is 11.3 Å². The van der Waals surface area contributed by atoms with E-state index in [0.29, 0.717) is 18.3 Å². The molecule has 6 heteroatoms. The molecule has 2 N–H and O–H groups in total. The van der Waals surface area contributed by atoms with Crippen LogP contribution >= 0.6 is 11.3 Å². The van der Waals surface area contributed by atoms with Crippen LogP contribution in [0.5, 0.6) is 0 Å². The van der Waals surface area contributed by atoms with E-state index in [-0.39, 0.29) is 12.1 Å². The average molecular weight is 347 g/mol. The van der Waals surface area contributed by atoms with Crippen LogP contribution in [-0.2, 0) is 19.4 Å². The van der Waals surface area contributed by atoms with Gasteiger partial charge in [-0.1, -0.05) is 12.8 Å². The Bertz CT molecular complexity index is 665. The molecule has 130 valence electrons. The van der Waals surface area contributed by atoms with Crippen LogP contribution < -0.4 is 5.32 Å². The summed E-state index contributed by atoms with van der Waals surface area (Å²) in [6, 6.07) is 2.23. The second kappa shape index (κ2) is 6.94. The number of aliphatic hydroxyl groups is 1. The Morgan fingerprint density at radius 3 is 2.79 bits per heavy atom. The van der Waals surface area contributed by atoms with Gasteiger partial charge in [-0.15, -0.1) is 21.5 Å². The largest absolute Gasteiger partial charge is 0.419 e. The van der Waals surface area contributed by atoms with E-state index in [0.717, 1.165) is 24.1 Å². The van der Waals surface area contributed by atoms with Gasteiger partial charge in [-0.2, -0.15) is 0 Å². The van der Waals surface area contributed by atoms with Crippen LogP contribution in [0.2, 0.25) is 0 Å². The van der Waals surface area contributed by atoms with Crippen LogP contribution in [0.4, 0.5) is 0 Å². The standard InChI is InChI=1S/C18H25N3O2S/c22-10-9-18(7-3-4-8-18)19-12-16-20-21-17(23-16)15-11-13-5-1-2-6-14(13)24-15/h11,19,22H,1-10,12H2. The summed E-state index contributed by atoms with van der Waals surface area (Å²) in [5.41, 5.74) is 1.51. The third-order valence-corrected chi connectivity index (χ3v) is 6.66. The molecule has 0 spiro atoms. The van der Waals surface area contributed by atoms with Crippen molar-refractivity contribution in [1.29, 1.82) is 0 Å². The summed E-state index contributed by atoms with van der Waals surface area (Å²) in [5.74, 6) is 1.29. The fourth-order valence-corrected chi connectivity index (χ4v) is 5.24. The first-order chi connectivity index (χ1) is 11.8. The van der Waals surface area contributed by atoms with E-state index in [4.69, 9.17) is 4.42 Å². The fraction of sp³-hybridized carbons (Fsp3) is 0.667. The van der Waals surface area contributed by atoms with Crippen molar-refractivity contribution >= 4 is 11.3 Å². The molecule has 0 radical (unpaired) electrons. The highest BCUT2D eigenvalue weighted by Gasteiger charge is 2.33. The van der Waals surface area contributed by atoms with Gasteiger partial charge in [0.15, 0.2) is 0 Å². The van der Waals surface area contributed by atoms with E-state index in [1.165, 1.54) is 49.0 Å². The highest BCUT2D eigenvalue weighted by atomic mass is 32.1. The second-order valence-corrected chi connectivity index (χ2v) is 8.22. The van der Waals surface area contributed by atoms with Crippen molar-refractivity contribution in [3.63, 3.8) is 0 Å². The molecule has 0 bridgehead atoms. The van der Waals surface area contributed by atoms with Crippen molar-refractivity contribution in [2.75, 3.05) is 6.61 Å². The van der Waals surface area contributed by atoms with E-state index < -0.39 is 0 Å². The normalized spacial score (nSPS) is 19.5. The van der Waals surface area contributed by atoms with Gasteiger partial charge in [0.1, 0.15) is 0 Å². The minimum atomic E-state index is 0.0470. The summed E-state index contributed by atoms with van der Waals surface area (Å²) in [5, 5.41) is 21.4. The number of nitrogens with zero attached hydrogens (tertiary/aromatic N) is 2. The van der Waals surface area contributed by atoms with Crippen molar-refractivity contribution in [2.45, 2.75) is 69.9 Å². The van der Waals surface area contributed by atoms with Gasteiger partial charge in [-0.25, -0.2) is 0 Å². The summed E-state index contributed by atoms with van der Waals surface area (Å²) in [4.78, 5) is 2.59. The molecule has 2 aromatic rings. The van der Waals surface area contributed by atoms with Crippen LogP contribution in [0, 0.1) is 0 Å². The number of fused-ring (bicyclic) bond motifs is 1. The van der Waals surface area contributed by atoms with Crippen LogP contribution in [0.3, 0.4) is 0 Å². The van der Waals surface area contributed by atoms with Gasteiger partial charge in [-0.05, 0) is 56.6 Å². The molecule has 1 fully saturated rings. The summed E-state index contributed by atoms with van der Waals surface area (Å²) in [6.07, 6.45) is 10.4. The second-order valence-electron chi connectivity index (χ2n) is 7.08. The fourth-order valence-electron chi connectivity index (χ4n) is 4.06. The number of hydrogen-bond donors (Lipinski definition) is 2. The third-order valence-electron chi connectivity index (χ3n) is 5.44. The molecule has 0 atom stereocenters. The lowest BCUT2D eigenvalue weighted by molar-refractivity contribution is 0.205. The quantitative estimate of drug-likeness (QED) is 0.837. The van der Waals surface area contributed by atoms with Gasteiger partial charge < -0.3 is 14.8 Å². The monoisotopic (exact) mass is 347 g/mol. The van der Waals surface area contributed by atoms with Gasteiger partial charge >= 0.3 is 0 Å². The van der Waals surface area contributed by atoms with Gasteiger partial charge in [-0.3, -0.25) is 0 Å². The highest BCUT2D eigenvalue weighted by Crippen LogP contribution is 2.35. The number of aliphatic hydroxyl groups excluding tert-OH is 1. The Morgan fingerprint density at radius 1 is 1.17 bits per heavy atom. The number of hydrogen-bond acceptors (Lipinski definition) is 6. The SMILES string of the molecule is OCCC1(NCc2nnc(-c3cc4c(s3)CCCC4)o2)CCCC1. The Labute approximate surface area is 146 Å². The Hall–Kier alpha value is -1.24. The topological polar surface area (TPSA) is 71.2 Å². The smallest absolute Gasteiger partial charge is 0.257 e. The molecule has 2 aromatic heterocycles. The maximum atomic E-state index is 9.33. The summed E-state index contributed by atoms with van der Waals surface area (Å²) < 4.78 is 5.89. The zero-order chi connectivity index (χ0) is 16.4. The van der Waals surface area contributed by atoms with Crippen molar-refractivity contribution in [3.05, 3.63) is 22.4 Å². The first-order valence-electron chi connectivity index (χ1n) is 9.08. The number of thiophene rings is 1. The van der Waals surface area contributed by atoms with Gasteiger partial charge in [0, 0.05) is 17.0 Å². The Morgan fingerprint density at radius 2 is 2.00 bits per heavy atom. The summed E-state index contributed by atoms with van der Waals surface area (Å²) in [7, 11) is 0. The van der Waals surface area contributed by atoms with E-state index in [9.17, 15) is 5.11 Å². The van der Waals surface area contributed by atoms with Crippen molar-refractivity contribution < 1.29 is 9.52 Å². The molecule has 0 aliphatic heterocycles. The zero-order valence-corrected chi connectivity index (χ0v) is 14.8. The Balaban J connectivity index is 1.44. The van der Waals surface area contributed by atoms with Crippen LogP contribution in [0.15, 0.2) is 10.5 Å². The predicted molar refractivity (Wildman–Crippen MR) is 94.0 cm³/mol. The van der Waals surface area contributed by atoms with Crippen molar-refractivity contribution in [1.82, 2.24) is 15.5 Å². The van der Waals surface area contributed by atoms with E-state index in [1.807, 2.05) is 0 Å². The van der Waals surface area contributed by atoms with E-state index >= 15 is 0 Å². The zero-order valence-electron chi connectivity index (χ0n) is 14.0. The third kappa shape index (κ3) is 3.27. The number of nitrogens with one attached hydrogen (secondary N) is 1. The maximum Gasteiger partial charge on any atom is 0.257 e. The molecule has 24 heavy (non-hydrogen) atoms. The van der Waals surface area contributed by atoms with Gasteiger partial charge in [0.2, 0.25) is 5.89 Å². The highest BCUT2D eigenvalue weighted by molar-refractivity contribution is 7.15. The first-order valence-corrected chi connectivity index (χ1v) is 9.90. The van der Waals surface area contributed by atoms with Crippen molar-refractivity contribution in [2.24, 2.45) is 0 Å². The molecule has 2 heterocycles. The number of rotatable bonds is 6. The maximum absolute atomic E-state index is 9.33. The minimum Gasteiger partial charge on any atom is -0.419 e. The van der Waals surface area contributed by atoms with Crippen LogP contribution in [0.25, 0.3) is 10.8 Å². The molecular formula is C18H25N3O2S. The minimum absolute atomic E-state index is 0.0470. The molecular weight excluding hydrogens is 322 g/mol. The number of aromatic nitrogens is 2. The lowest BCUT2D eigenvalue weighted by Gasteiger charge is -2.29. The lowest BCUT2D eigenvalue weighted by Crippen LogP contribution is -2.43. The first kappa shape index (κ1) is 16.2. The molecule has 0 aromatic carbocycles.